The summed E-state index contributed by atoms with van der Waals surface area (Å²) in [5.41, 5.74) is 0. The summed E-state index contributed by atoms with van der Waals surface area (Å²) in [5, 5.41) is 8.63. The molecule has 0 unspecified atom stereocenters. The van der Waals surface area contributed by atoms with Gasteiger partial charge in [0, 0.05) is 12.7 Å². The summed E-state index contributed by atoms with van der Waals surface area (Å²) in [7, 11) is 0. The lowest BCUT2D eigenvalue weighted by atomic mass is 10.4. The van der Waals surface area contributed by atoms with E-state index in [0.29, 0.717) is 0 Å². The van der Waals surface area contributed by atoms with Crippen molar-refractivity contribution in [3.63, 3.8) is 0 Å². The zero-order chi connectivity index (χ0) is 8.53. The number of hydrogen-bond donors (Lipinski definition) is 1. The average molecular weight is 166 g/mol. The third-order valence-electron chi connectivity index (χ3n) is 1.08. The molecule has 1 heterocycles. The average Bonchev–Trinajstić information content (AvgIpc) is 2.08. The van der Waals surface area contributed by atoms with Gasteiger partial charge in [-0.1, -0.05) is 31.4 Å². The van der Waals surface area contributed by atoms with E-state index in [-0.39, 0.29) is 0 Å². The lowest BCUT2D eigenvalue weighted by Gasteiger charge is -2.13. The van der Waals surface area contributed by atoms with Gasteiger partial charge in [-0.2, -0.15) is 5.26 Å². The number of nitrogens with zero attached hydrogens (tertiary/aromatic N) is 2. The summed E-state index contributed by atoms with van der Waals surface area (Å²) >= 11 is 3.09. The molecule has 11 heavy (non-hydrogen) atoms. The van der Waals surface area contributed by atoms with E-state index in [2.05, 4.69) is 25.3 Å². The van der Waals surface area contributed by atoms with Crippen molar-refractivity contribution in [2.24, 2.45) is 0 Å². The second kappa shape index (κ2) is 6.97. The largest absolute Gasteiger partial charge is 0.351 e. The van der Waals surface area contributed by atoms with Gasteiger partial charge >= 0.3 is 0 Å². The molecule has 0 atom stereocenters. The molecule has 0 fully saturated rings. The lowest BCUT2D eigenvalue weighted by molar-refractivity contribution is 0.562. The number of thiol groups is 1. The number of thiocyanates is 1. The van der Waals surface area contributed by atoms with E-state index in [1.807, 2.05) is 23.3 Å². The topological polar surface area (TPSA) is 27.0 Å². The van der Waals surface area contributed by atoms with E-state index in [9.17, 15) is 0 Å². The molecular weight excluding hydrogens is 156 g/mol. The first kappa shape index (κ1) is 9.86. The third-order valence-corrected chi connectivity index (χ3v) is 1.08. The first-order chi connectivity index (χ1) is 5.35. The number of hydrogen-bond acceptors (Lipinski definition) is 3. The molecule has 1 rings (SSSR count). The Hall–Kier alpha value is -1.14. The van der Waals surface area contributed by atoms with Gasteiger partial charge in [0.1, 0.15) is 5.40 Å². The number of allylic oxidation sites excluding steroid dienone is 2. The van der Waals surface area contributed by atoms with Gasteiger partial charge in [-0.25, -0.2) is 0 Å². The summed E-state index contributed by atoms with van der Waals surface area (Å²) in [6, 6.07) is 0. The van der Waals surface area contributed by atoms with Gasteiger partial charge in [0.05, 0.1) is 0 Å². The molecule has 0 aliphatic carbocycles. The van der Waals surface area contributed by atoms with Crippen LogP contribution in [0.25, 0.3) is 0 Å². The highest BCUT2D eigenvalue weighted by Crippen LogP contribution is 1.96. The lowest BCUT2D eigenvalue weighted by Crippen LogP contribution is -2.09. The molecule has 0 saturated carbocycles. The van der Waals surface area contributed by atoms with Gasteiger partial charge < -0.3 is 4.90 Å². The van der Waals surface area contributed by atoms with Crippen molar-refractivity contribution in [3.8, 4) is 5.40 Å². The van der Waals surface area contributed by atoms with Crippen LogP contribution in [0.4, 0.5) is 0 Å². The summed E-state index contributed by atoms with van der Waals surface area (Å²) in [6.07, 6.45) is 9.90. The summed E-state index contributed by atoms with van der Waals surface area (Å²) in [4.78, 5) is 2.01. The minimum Gasteiger partial charge on any atom is -0.351 e. The molecule has 0 aromatic carbocycles. The smallest absolute Gasteiger partial charge is 0.130 e. The molecule has 0 bridgehead atoms. The highest BCUT2D eigenvalue weighted by atomic mass is 32.1. The van der Waals surface area contributed by atoms with Crippen LogP contribution in [0, 0.1) is 10.7 Å². The molecule has 2 nitrogen and oxygen atoms in total. The van der Waals surface area contributed by atoms with Gasteiger partial charge in [0.2, 0.25) is 0 Å². The Kier molecular flexibility index (Phi) is 6.25. The highest BCUT2D eigenvalue weighted by Gasteiger charge is 1.89. The van der Waals surface area contributed by atoms with Crippen LogP contribution in [-0.2, 0) is 0 Å². The summed E-state index contributed by atoms with van der Waals surface area (Å²) < 4.78 is 0. The van der Waals surface area contributed by atoms with Gasteiger partial charge in [-0.15, -0.1) is 0 Å². The second-order valence-corrected chi connectivity index (χ2v) is 1.95. The van der Waals surface area contributed by atoms with E-state index in [1.54, 1.807) is 6.20 Å². The fourth-order valence-corrected chi connectivity index (χ4v) is 0.618. The fourth-order valence-electron chi connectivity index (χ4n) is 0.618. The van der Waals surface area contributed by atoms with E-state index in [0.717, 1.165) is 6.54 Å². The Bertz CT molecular complexity index is 201. The molecular formula is C8H10N2S. The predicted molar refractivity (Wildman–Crippen MR) is 49.8 cm³/mol. The van der Waals surface area contributed by atoms with Crippen molar-refractivity contribution in [1.82, 2.24) is 4.90 Å². The van der Waals surface area contributed by atoms with Crippen molar-refractivity contribution in [1.29, 1.82) is 5.26 Å². The molecule has 3 heteroatoms. The van der Waals surface area contributed by atoms with E-state index in [1.165, 1.54) is 5.40 Å². The predicted octanol–water partition coefficient (Wildman–Crippen LogP) is 1.91. The van der Waals surface area contributed by atoms with Crippen molar-refractivity contribution in [2.75, 3.05) is 6.54 Å². The molecule has 0 spiro atoms. The molecule has 58 valence electrons. The summed E-state index contributed by atoms with van der Waals surface area (Å²) in [5.74, 6) is 0. The Balaban J connectivity index is 0.000000292. The molecule has 1 aliphatic rings. The third kappa shape index (κ3) is 5.31. The molecule has 0 saturated heterocycles. The van der Waals surface area contributed by atoms with Gasteiger partial charge in [-0.3, -0.25) is 0 Å². The first-order valence-electron chi connectivity index (χ1n) is 3.10. The van der Waals surface area contributed by atoms with Crippen molar-refractivity contribution in [2.45, 2.75) is 0 Å². The van der Waals surface area contributed by atoms with Crippen LogP contribution in [0.5, 0.6) is 0 Å². The van der Waals surface area contributed by atoms with Crippen LogP contribution in [0.3, 0.4) is 0 Å². The van der Waals surface area contributed by atoms with E-state index >= 15 is 0 Å². The first-order valence-corrected chi connectivity index (χ1v) is 3.54. The Morgan fingerprint density at radius 3 is 2.55 bits per heavy atom. The van der Waals surface area contributed by atoms with Crippen molar-refractivity contribution >= 4 is 12.6 Å². The molecule has 0 amide bonds. The zero-order valence-electron chi connectivity index (χ0n) is 6.14. The van der Waals surface area contributed by atoms with E-state index in [4.69, 9.17) is 5.26 Å². The number of nitriles is 1. The van der Waals surface area contributed by atoms with Crippen LogP contribution in [-0.4, -0.2) is 11.4 Å². The van der Waals surface area contributed by atoms with Gasteiger partial charge in [-0.05, 0) is 12.3 Å². The Morgan fingerprint density at radius 1 is 1.64 bits per heavy atom. The molecule has 0 radical (unpaired) electrons. The second-order valence-electron chi connectivity index (χ2n) is 1.75. The maximum Gasteiger partial charge on any atom is 0.130 e. The van der Waals surface area contributed by atoms with Crippen LogP contribution < -0.4 is 0 Å². The molecule has 0 aromatic heterocycles. The summed E-state index contributed by atoms with van der Waals surface area (Å²) in [6.45, 7) is 4.58. The van der Waals surface area contributed by atoms with Gasteiger partial charge in [0.25, 0.3) is 0 Å². The zero-order valence-corrected chi connectivity index (χ0v) is 7.04. The van der Waals surface area contributed by atoms with Crippen molar-refractivity contribution in [3.05, 3.63) is 37.2 Å². The molecule has 0 aromatic rings. The highest BCUT2D eigenvalue weighted by molar-refractivity contribution is 7.85. The normalized spacial score (nSPS) is 12.9. The SMILES string of the molecule is C=CN1C=CC=CC1.N#CS. The fraction of sp³-hybridized carbons (Fsp3) is 0.125. The van der Waals surface area contributed by atoms with Crippen LogP contribution in [0.2, 0.25) is 0 Å². The number of rotatable bonds is 1. The van der Waals surface area contributed by atoms with E-state index < -0.39 is 0 Å². The Labute approximate surface area is 72.5 Å². The molecule has 1 aliphatic heterocycles. The van der Waals surface area contributed by atoms with Crippen molar-refractivity contribution < 1.29 is 0 Å². The Morgan fingerprint density at radius 2 is 2.27 bits per heavy atom. The molecule has 0 N–H and O–H groups in total. The minimum absolute atomic E-state index is 0.958. The maximum absolute atomic E-state index is 7.18. The van der Waals surface area contributed by atoms with Gasteiger partial charge in [0.15, 0.2) is 0 Å². The standard InChI is InChI=1S/C7H9N.CHNS/c1-2-8-6-4-3-5-7-8;2-1-3/h2-6H,1,7H2;3H. The minimum atomic E-state index is 0.958. The van der Waals surface area contributed by atoms with Crippen LogP contribution in [0.15, 0.2) is 37.2 Å². The maximum atomic E-state index is 7.18. The van der Waals surface area contributed by atoms with Crippen LogP contribution in [0.1, 0.15) is 0 Å². The monoisotopic (exact) mass is 166 g/mol. The van der Waals surface area contributed by atoms with Crippen LogP contribution >= 0.6 is 12.6 Å². The quantitative estimate of drug-likeness (QED) is 0.476.